The monoisotopic (exact) mass is 397 g/mol. The first kappa shape index (κ1) is 17.6. The second-order valence-corrected chi connectivity index (χ2v) is 6.29. The minimum Gasteiger partial charge on any atom is -0.495 e. The number of hydrogen-bond acceptors (Lipinski definition) is 3. The first-order valence-electron chi connectivity index (χ1n) is 6.98. The number of amides is 1. The van der Waals surface area contributed by atoms with Crippen molar-refractivity contribution in [1.29, 1.82) is 0 Å². The quantitative estimate of drug-likeness (QED) is 0.785. The molecule has 0 aliphatic carbocycles. The molecule has 1 atom stereocenters. The summed E-state index contributed by atoms with van der Waals surface area (Å²) in [5, 5.41) is 3.20. The third kappa shape index (κ3) is 4.62. The van der Waals surface area contributed by atoms with Crippen molar-refractivity contribution in [3.05, 3.63) is 51.5 Å². The molecule has 0 saturated heterocycles. The van der Waals surface area contributed by atoms with E-state index >= 15 is 0 Å². The van der Waals surface area contributed by atoms with Gasteiger partial charge in [-0.25, -0.2) is 0 Å². The van der Waals surface area contributed by atoms with Gasteiger partial charge in [0.1, 0.15) is 11.5 Å². The van der Waals surface area contributed by atoms with E-state index in [0.29, 0.717) is 22.2 Å². The predicted octanol–water partition coefficient (Wildman–Crippen LogP) is 4.83. The number of anilines is 1. The van der Waals surface area contributed by atoms with Crippen molar-refractivity contribution >= 4 is 39.1 Å². The summed E-state index contributed by atoms with van der Waals surface area (Å²) in [7, 11) is 1.54. The number of nitrogens with one attached hydrogen (secondary N) is 1. The number of methoxy groups -OCH3 is 1. The lowest BCUT2D eigenvalue weighted by molar-refractivity contribution is -0.122. The van der Waals surface area contributed by atoms with E-state index in [1.54, 1.807) is 25.1 Å². The van der Waals surface area contributed by atoms with Gasteiger partial charge in [-0.05, 0) is 65.7 Å². The Bertz CT molecular complexity index is 721. The van der Waals surface area contributed by atoms with Crippen LogP contribution in [-0.2, 0) is 4.79 Å². The van der Waals surface area contributed by atoms with E-state index in [0.717, 1.165) is 10.0 Å². The standard InChI is InChI=1S/C17H17BrClNO3/c1-10-4-6-15(13(18)8-10)23-11(2)17(21)20-12-5-7-16(22-3)14(19)9-12/h4-9,11H,1-3H3,(H,20,21)/t11-/m0/s1. The lowest BCUT2D eigenvalue weighted by Gasteiger charge is -2.16. The second kappa shape index (κ2) is 7.70. The van der Waals surface area contributed by atoms with Gasteiger partial charge in [0.05, 0.1) is 16.6 Å². The van der Waals surface area contributed by atoms with Crippen LogP contribution in [0.25, 0.3) is 0 Å². The van der Waals surface area contributed by atoms with Gasteiger partial charge in [0.15, 0.2) is 6.10 Å². The zero-order valence-electron chi connectivity index (χ0n) is 13.0. The molecule has 0 heterocycles. The lowest BCUT2D eigenvalue weighted by atomic mass is 10.2. The van der Waals surface area contributed by atoms with Crippen molar-refractivity contribution in [2.45, 2.75) is 20.0 Å². The molecule has 122 valence electrons. The van der Waals surface area contributed by atoms with Crippen molar-refractivity contribution in [2.24, 2.45) is 0 Å². The second-order valence-electron chi connectivity index (χ2n) is 5.03. The molecular weight excluding hydrogens is 382 g/mol. The van der Waals surface area contributed by atoms with E-state index in [9.17, 15) is 4.79 Å². The summed E-state index contributed by atoms with van der Waals surface area (Å²) < 4.78 is 11.6. The third-order valence-electron chi connectivity index (χ3n) is 3.18. The molecule has 23 heavy (non-hydrogen) atoms. The highest BCUT2D eigenvalue weighted by Crippen LogP contribution is 2.28. The number of carbonyl (C=O) groups excluding carboxylic acids is 1. The third-order valence-corrected chi connectivity index (χ3v) is 4.09. The van der Waals surface area contributed by atoms with Gasteiger partial charge in [0.25, 0.3) is 5.91 Å². The van der Waals surface area contributed by atoms with Gasteiger partial charge in [-0.2, -0.15) is 0 Å². The van der Waals surface area contributed by atoms with Gasteiger partial charge < -0.3 is 14.8 Å². The lowest BCUT2D eigenvalue weighted by Crippen LogP contribution is -2.30. The maximum absolute atomic E-state index is 12.2. The van der Waals surface area contributed by atoms with Gasteiger partial charge in [-0.3, -0.25) is 4.79 Å². The first-order chi connectivity index (χ1) is 10.9. The average molecular weight is 399 g/mol. The fraction of sp³-hybridized carbons (Fsp3) is 0.235. The molecule has 2 aromatic rings. The molecule has 0 aliphatic heterocycles. The highest BCUT2D eigenvalue weighted by molar-refractivity contribution is 9.10. The van der Waals surface area contributed by atoms with Gasteiger partial charge >= 0.3 is 0 Å². The summed E-state index contributed by atoms with van der Waals surface area (Å²) in [5.74, 6) is 0.905. The Kier molecular flexibility index (Phi) is 5.91. The summed E-state index contributed by atoms with van der Waals surface area (Å²) in [6.45, 7) is 3.67. The Balaban J connectivity index is 2.03. The Morgan fingerprint density at radius 3 is 2.52 bits per heavy atom. The SMILES string of the molecule is COc1ccc(NC(=O)[C@H](C)Oc2ccc(C)cc2Br)cc1Cl. The Morgan fingerprint density at radius 2 is 1.91 bits per heavy atom. The first-order valence-corrected chi connectivity index (χ1v) is 8.15. The predicted molar refractivity (Wildman–Crippen MR) is 95.6 cm³/mol. The molecular formula is C17H17BrClNO3. The molecule has 0 fully saturated rings. The van der Waals surface area contributed by atoms with Crippen LogP contribution in [-0.4, -0.2) is 19.1 Å². The van der Waals surface area contributed by atoms with E-state index in [4.69, 9.17) is 21.1 Å². The van der Waals surface area contributed by atoms with Crippen LogP contribution >= 0.6 is 27.5 Å². The Morgan fingerprint density at radius 1 is 1.22 bits per heavy atom. The highest BCUT2D eigenvalue weighted by Gasteiger charge is 2.16. The largest absolute Gasteiger partial charge is 0.495 e. The maximum atomic E-state index is 12.2. The van der Waals surface area contributed by atoms with Gasteiger partial charge in [-0.15, -0.1) is 0 Å². The summed E-state index contributed by atoms with van der Waals surface area (Å²) in [6, 6.07) is 10.7. The number of halogens is 2. The van der Waals surface area contributed by atoms with Crippen molar-refractivity contribution in [2.75, 3.05) is 12.4 Å². The van der Waals surface area contributed by atoms with Crippen LogP contribution < -0.4 is 14.8 Å². The number of ether oxygens (including phenoxy) is 2. The van der Waals surface area contributed by atoms with Crippen LogP contribution in [0.5, 0.6) is 11.5 Å². The van der Waals surface area contributed by atoms with Crippen LogP contribution in [0.4, 0.5) is 5.69 Å². The van der Waals surface area contributed by atoms with Gasteiger partial charge in [-0.1, -0.05) is 17.7 Å². The van der Waals surface area contributed by atoms with E-state index in [1.165, 1.54) is 7.11 Å². The van der Waals surface area contributed by atoms with Crippen molar-refractivity contribution in [1.82, 2.24) is 0 Å². The fourth-order valence-electron chi connectivity index (χ4n) is 1.93. The number of carbonyl (C=O) groups is 1. The van der Waals surface area contributed by atoms with E-state index in [-0.39, 0.29) is 5.91 Å². The van der Waals surface area contributed by atoms with Gasteiger partial charge in [0.2, 0.25) is 0 Å². The number of benzene rings is 2. The summed E-state index contributed by atoms with van der Waals surface area (Å²) in [6.07, 6.45) is -0.658. The summed E-state index contributed by atoms with van der Waals surface area (Å²) in [5.41, 5.74) is 1.69. The van der Waals surface area contributed by atoms with E-state index in [1.807, 2.05) is 25.1 Å². The van der Waals surface area contributed by atoms with Crippen LogP contribution in [0, 0.1) is 6.92 Å². The van der Waals surface area contributed by atoms with Crippen molar-refractivity contribution in [3.63, 3.8) is 0 Å². The van der Waals surface area contributed by atoms with Crippen LogP contribution in [0.3, 0.4) is 0 Å². The zero-order valence-corrected chi connectivity index (χ0v) is 15.4. The molecule has 0 bridgehead atoms. The molecule has 2 aromatic carbocycles. The van der Waals surface area contributed by atoms with Crippen LogP contribution in [0.2, 0.25) is 5.02 Å². The van der Waals surface area contributed by atoms with E-state index in [2.05, 4.69) is 21.2 Å². The molecule has 0 unspecified atom stereocenters. The minimum atomic E-state index is -0.658. The molecule has 2 rings (SSSR count). The van der Waals surface area contributed by atoms with Crippen molar-refractivity contribution in [3.8, 4) is 11.5 Å². The van der Waals surface area contributed by atoms with E-state index < -0.39 is 6.10 Å². The molecule has 6 heteroatoms. The van der Waals surface area contributed by atoms with Crippen LogP contribution in [0.15, 0.2) is 40.9 Å². The van der Waals surface area contributed by atoms with Crippen molar-refractivity contribution < 1.29 is 14.3 Å². The van der Waals surface area contributed by atoms with Crippen LogP contribution in [0.1, 0.15) is 12.5 Å². The number of aryl methyl sites for hydroxylation is 1. The highest BCUT2D eigenvalue weighted by atomic mass is 79.9. The minimum absolute atomic E-state index is 0.265. The topological polar surface area (TPSA) is 47.6 Å². The summed E-state index contributed by atoms with van der Waals surface area (Å²) >= 11 is 9.47. The summed E-state index contributed by atoms with van der Waals surface area (Å²) in [4.78, 5) is 12.2. The Labute approximate surface area is 148 Å². The zero-order chi connectivity index (χ0) is 17.0. The molecule has 0 spiro atoms. The number of rotatable bonds is 5. The molecule has 0 saturated carbocycles. The molecule has 0 aromatic heterocycles. The normalized spacial score (nSPS) is 11.7. The Hall–Kier alpha value is -1.72. The smallest absolute Gasteiger partial charge is 0.265 e. The molecule has 0 radical (unpaired) electrons. The molecule has 4 nitrogen and oxygen atoms in total. The van der Waals surface area contributed by atoms with Gasteiger partial charge in [0, 0.05) is 5.69 Å². The maximum Gasteiger partial charge on any atom is 0.265 e. The molecule has 1 amide bonds. The number of hydrogen-bond donors (Lipinski definition) is 1. The molecule has 1 N–H and O–H groups in total. The average Bonchev–Trinajstić information content (AvgIpc) is 2.50. The fourth-order valence-corrected chi connectivity index (χ4v) is 2.78. The molecule has 0 aliphatic rings.